The number of hydrogen-bond donors (Lipinski definition) is 0. The largest absolute Gasteiger partial charge is 0.289 e. The molecule has 0 heterocycles. The Bertz CT molecular complexity index is 715. The van der Waals surface area contributed by atoms with Crippen LogP contribution in [0.15, 0.2) is 27.6 Å². The minimum atomic E-state index is -4.11. The van der Waals surface area contributed by atoms with E-state index >= 15 is 0 Å². The smallest absolute Gasteiger partial charge is 0.258 e. The van der Waals surface area contributed by atoms with Crippen LogP contribution in [0.25, 0.3) is 0 Å². The van der Waals surface area contributed by atoms with Crippen LogP contribution in [0.2, 0.25) is 0 Å². The Balaban J connectivity index is 3.25. The van der Waals surface area contributed by atoms with Gasteiger partial charge in [-0.05, 0) is 12.1 Å². The molecule has 0 saturated carbocycles. The van der Waals surface area contributed by atoms with E-state index in [4.69, 9.17) is 10.7 Å². The number of rotatable bonds is 5. The SMILES string of the molecule is O=[N+]([O-])c1cc(Br)ccc1S(=O)(=O)CCS(=O)(=O)Cl. The van der Waals surface area contributed by atoms with Crippen LogP contribution in [0.5, 0.6) is 0 Å². The highest BCUT2D eigenvalue weighted by atomic mass is 79.9. The predicted octanol–water partition coefficient (Wildman–Crippen LogP) is 1.70. The van der Waals surface area contributed by atoms with Crippen LogP contribution >= 0.6 is 26.6 Å². The average Bonchev–Trinajstić information content (AvgIpc) is 2.25. The topological polar surface area (TPSA) is 111 Å². The van der Waals surface area contributed by atoms with Crippen molar-refractivity contribution in [2.75, 3.05) is 11.5 Å². The highest BCUT2D eigenvalue weighted by molar-refractivity contribution is 9.10. The zero-order valence-corrected chi connectivity index (χ0v) is 13.1. The molecule has 0 saturated heterocycles. The lowest BCUT2D eigenvalue weighted by atomic mass is 10.3. The van der Waals surface area contributed by atoms with Crippen LogP contribution in [0.1, 0.15) is 0 Å². The summed E-state index contributed by atoms with van der Waals surface area (Å²) in [5.74, 6) is -1.63. The number of nitrogens with zero attached hydrogens (tertiary/aromatic N) is 1. The molecule has 7 nitrogen and oxygen atoms in total. The van der Waals surface area contributed by atoms with Crippen LogP contribution in [-0.4, -0.2) is 33.3 Å². The number of benzene rings is 1. The number of sulfone groups is 1. The molecule has 0 fully saturated rings. The molecule has 0 N–H and O–H groups in total. The van der Waals surface area contributed by atoms with E-state index < -0.39 is 45.9 Å². The fraction of sp³-hybridized carbons (Fsp3) is 0.250. The highest BCUT2D eigenvalue weighted by Crippen LogP contribution is 2.28. The van der Waals surface area contributed by atoms with Gasteiger partial charge in [-0.1, -0.05) is 15.9 Å². The molecule has 0 spiro atoms. The monoisotopic (exact) mass is 391 g/mol. The van der Waals surface area contributed by atoms with Crippen molar-refractivity contribution in [1.82, 2.24) is 0 Å². The molecule has 1 aromatic rings. The quantitative estimate of drug-likeness (QED) is 0.428. The van der Waals surface area contributed by atoms with Crippen LogP contribution in [0.3, 0.4) is 0 Å². The summed E-state index contributed by atoms with van der Waals surface area (Å²) in [6.45, 7) is 0. The molecule has 0 radical (unpaired) electrons. The van der Waals surface area contributed by atoms with Crippen molar-refractivity contribution in [3.63, 3.8) is 0 Å². The summed E-state index contributed by atoms with van der Waals surface area (Å²) in [6.07, 6.45) is 0. The third-order valence-electron chi connectivity index (χ3n) is 2.05. The van der Waals surface area contributed by atoms with Crippen LogP contribution in [-0.2, 0) is 18.9 Å². The molecular formula is C8H7BrClNO6S2. The van der Waals surface area contributed by atoms with E-state index in [1.54, 1.807) is 0 Å². The lowest BCUT2D eigenvalue weighted by Crippen LogP contribution is -2.15. The summed E-state index contributed by atoms with van der Waals surface area (Å²) in [6, 6.07) is 3.38. The Labute approximate surface area is 122 Å². The molecule has 0 aliphatic rings. The van der Waals surface area contributed by atoms with Gasteiger partial charge in [-0.25, -0.2) is 16.8 Å². The lowest BCUT2D eigenvalue weighted by molar-refractivity contribution is -0.387. The van der Waals surface area contributed by atoms with Gasteiger partial charge >= 0.3 is 0 Å². The molecule has 1 aromatic carbocycles. The van der Waals surface area contributed by atoms with E-state index in [2.05, 4.69) is 15.9 Å². The maximum Gasteiger partial charge on any atom is 0.289 e. The molecule has 0 aliphatic heterocycles. The first-order valence-corrected chi connectivity index (χ1v) is 9.54. The second-order valence-corrected chi connectivity index (χ2v) is 9.32. The van der Waals surface area contributed by atoms with Gasteiger partial charge in [0.1, 0.15) is 4.90 Å². The van der Waals surface area contributed by atoms with E-state index in [9.17, 15) is 26.9 Å². The van der Waals surface area contributed by atoms with Crippen molar-refractivity contribution < 1.29 is 21.8 Å². The van der Waals surface area contributed by atoms with Crippen molar-refractivity contribution in [1.29, 1.82) is 0 Å². The predicted molar refractivity (Wildman–Crippen MR) is 72.5 cm³/mol. The second kappa shape index (κ2) is 5.73. The van der Waals surface area contributed by atoms with E-state index in [-0.39, 0.29) is 0 Å². The van der Waals surface area contributed by atoms with Gasteiger partial charge in [-0.3, -0.25) is 10.1 Å². The van der Waals surface area contributed by atoms with Crippen molar-refractivity contribution in [3.05, 3.63) is 32.8 Å². The molecule has 106 valence electrons. The third-order valence-corrected chi connectivity index (χ3v) is 5.71. The second-order valence-electron chi connectivity index (χ2n) is 3.43. The first-order chi connectivity index (χ1) is 8.53. The summed E-state index contributed by atoms with van der Waals surface area (Å²) in [4.78, 5) is 9.40. The molecule has 1 rings (SSSR count). The summed E-state index contributed by atoms with van der Waals surface area (Å²) < 4.78 is 45.6. The van der Waals surface area contributed by atoms with E-state index in [0.29, 0.717) is 4.47 Å². The Morgan fingerprint density at radius 2 is 1.79 bits per heavy atom. The Hall–Kier alpha value is -0.710. The summed E-state index contributed by atoms with van der Waals surface area (Å²) >= 11 is 2.99. The maximum atomic E-state index is 11.9. The normalized spacial score (nSPS) is 12.3. The number of nitro groups is 1. The zero-order chi connectivity index (χ0) is 14.8. The van der Waals surface area contributed by atoms with Gasteiger partial charge in [0.25, 0.3) is 5.69 Å². The number of hydrogen-bond acceptors (Lipinski definition) is 6. The fourth-order valence-electron chi connectivity index (χ4n) is 1.22. The first kappa shape index (κ1) is 16.3. The number of nitro benzene ring substituents is 1. The molecule has 0 atom stereocenters. The van der Waals surface area contributed by atoms with Gasteiger partial charge in [0.05, 0.1) is 16.4 Å². The molecule has 0 aliphatic carbocycles. The van der Waals surface area contributed by atoms with E-state index in [0.717, 1.165) is 12.1 Å². The molecule has 0 aromatic heterocycles. The van der Waals surface area contributed by atoms with Crippen molar-refractivity contribution in [3.8, 4) is 0 Å². The average molecular weight is 393 g/mol. The Kier molecular flexibility index (Phi) is 4.93. The molecular weight excluding hydrogens is 386 g/mol. The van der Waals surface area contributed by atoms with Gasteiger partial charge < -0.3 is 0 Å². The lowest BCUT2D eigenvalue weighted by Gasteiger charge is -2.04. The molecule has 19 heavy (non-hydrogen) atoms. The van der Waals surface area contributed by atoms with Gasteiger partial charge in [0.2, 0.25) is 9.05 Å². The summed E-state index contributed by atoms with van der Waals surface area (Å²) in [5, 5.41) is 10.8. The minimum absolute atomic E-state index is 0.336. The van der Waals surface area contributed by atoms with E-state index in [1.807, 2.05) is 0 Å². The Morgan fingerprint density at radius 1 is 1.21 bits per heavy atom. The molecule has 0 bridgehead atoms. The number of halogens is 2. The van der Waals surface area contributed by atoms with Crippen LogP contribution in [0.4, 0.5) is 5.69 Å². The summed E-state index contributed by atoms with van der Waals surface area (Å²) in [5.41, 5.74) is -0.624. The van der Waals surface area contributed by atoms with Gasteiger partial charge in [0, 0.05) is 21.2 Å². The van der Waals surface area contributed by atoms with Crippen LogP contribution in [0, 0.1) is 10.1 Å². The summed E-state index contributed by atoms with van der Waals surface area (Å²) in [7, 11) is -3.18. The maximum absolute atomic E-state index is 11.9. The van der Waals surface area contributed by atoms with Gasteiger partial charge in [-0.2, -0.15) is 0 Å². The Morgan fingerprint density at radius 3 is 2.26 bits per heavy atom. The minimum Gasteiger partial charge on any atom is -0.258 e. The van der Waals surface area contributed by atoms with Crippen LogP contribution < -0.4 is 0 Å². The first-order valence-electron chi connectivity index (χ1n) is 4.62. The molecule has 11 heteroatoms. The molecule has 0 amide bonds. The standard InChI is InChI=1S/C8H7BrClNO6S2/c9-6-1-2-8(7(5-6)11(12)13)18(14,15)3-4-19(10,16)17/h1-2,5H,3-4H2. The fourth-order valence-corrected chi connectivity index (χ4v) is 4.75. The van der Waals surface area contributed by atoms with E-state index in [1.165, 1.54) is 6.07 Å². The zero-order valence-electron chi connectivity index (χ0n) is 9.12. The van der Waals surface area contributed by atoms with Gasteiger partial charge in [0.15, 0.2) is 9.84 Å². The van der Waals surface area contributed by atoms with Crippen molar-refractivity contribution in [2.24, 2.45) is 0 Å². The molecule has 0 unspecified atom stereocenters. The van der Waals surface area contributed by atoms with Crippen molar-refractivity contribution in [2.45, 2.75) is 4.90 Å². The third kappa shape index (κ3) is 4.71. The van der Waals surface area contributed by atoms with Gasteiger partial charge in [-0.15, -0.1) is 0 Å². The van der Waals surface area contributed by atoms with Crippen molar-refractivity contribution >= 4 is 51.2 Å². The highest BCUT2D eigenvalue weighted by Gasteiger charge is 2.27.